The molecule has 0 unspecified atom stereocenters. The molecule has 0 spiro atoms. The fourth-order valence-electron chi connectivity index (χ4n) is 4.28. The molecule has 1 fully saturated rings. The molecule has 1 amide bonds. The molecule has 9 heteroatoms. The van der Waals surface area contributed by atoms with Crippen LogP contribution in [-0.2, 0) is 9.59 Å². The number of carbonyl (C=O) groups excluding carboxylic acids is 1. The molecule has 0 aromatic carbocycles. The molecule has 3 N–H and O–H groups in total. The van der Waals surface area contributed by atoms with Crippen LogP contribution in [0.5, 0.6) is 0 Å². The summed E-state index contributed by atoms with van der Waals surface area (Å²) in [6, 6.07) is 0.106. The molecule has 0 saturated carbocycles. The number of hydrogen-bond donors (Lipinski definition) is 3. The predicted octanol–water partition coefficient (Wildman–Crippen LogP) is 2.15. The Morgan fingerprint density at radius 2 is 2.21 bits per heavy atom. The smallest absolute Gasteiger partial charge is 0.353 e. The summed E-state index contributed by atoms with van der Waals surface area (Å²) in [5.74, 6) is -2.12. The van der Waals surface area contributed by atoms with E-state index >= 15 is 0 Å². The van der Waals surface area contributed by atoms with Crippen LogP contribution in [0.3, 0.4) is 0 Å². The number of aliphatic carboxylic acids is 1. The number of nitrogens with one attached hydrogen (secondary N) is 1. The van der Waals surface area contributed by atoms with Crippen LogP contribution in [-0.4, -0.2) is 56.7 Å². The van der Waals surface area contributed by atoms with Crippen LogP contribution in [0.15, 0.2) is 26.4 Å². The molecule has 0 radical (unpaired) electrons. The van der Waals surface area contributed by atoms with E-state index in [1.54, 1.807) is 6.92 Å². The van der Waals surface area contributed by atoms with Crippen molar-refractivity contribution in [1.29, 1.82) is 0 Å². The maximum absolute atomic E-state index is 12.4. The van der Waals surface area contributed by atoms with Crippen molar-refractivity contribution in [3.63, 3.8) is 0 Å². The summed E-state index contributed by atoms with van der Waals surface area (Å²) in [6.45, 7) is 6.46. The van der Waals surface area contributed by atoms with Gasteiger partial charge in [-0.3, -0.25) is 4.79 Å². The first-order valence-corrected chi connectivity index (χ1v) is 11.0. The van der Waals surface area contributed by atoms with Gasteiger partial charge in [-0.05, 0) is 25.8 Å². The molecule has 4 rings (SSSR count). The van der Waals surface area contributed by atoms with Gasteiger partial charge < -0.3 is 20.4 Å². The van der Waals surface area contributed by atoms with Gasteiger partial charge in [0.2, 0.25) is 5.91 Å². The minimum atomic E-state index is -1.11. The number of carbonyl (C=O) groups is 2. The number of aliphatic hydroxyl groups is 1. The maximum Gasteiger partial charge on any atom is 0.353 e. The SMILES string of the molecule is C[C@@H]1CC(c2csc(SC3=C(C(=O)O)N4C(=O)[C@H]([C@@H](C)O)[C@H]4[C@H]3C)n2)=CCN1. The van der Waals surface area contributed by atoms with Gasteiger partial charge in [0.05, 0.1) is 23.8 Å². The quantitative estimate of drug-likeness (QED) is 0.626. The molecule has 0 aliphatic carbocycles. The number of thiazole rings is 1. The lowest BCUT2D eigenvalue weighted by molar-refractivity contribution is -0.163. The number of aromatic nitrogens is 1. The van der Waals surface area contributed by atoms with Crippen molar-refractivity contribution < 1.29 is 19.8 Å². The molecule has 4 heterocycles. The fraction of sp³-hybridized carbons (Fsp3) is 0.526. The highest BCUT2D eigenvalue weighted by atomic mass is 32.2. The van der Waals surface area contributed by atoms with E-state index in [4.69, 9.17) is 4.98 Å². The highest BCUT2D eigenvalue weighted by Gasteiger charge is 2.60. The Hall–Kier alpha value is -1.68. The summed E-state index contributed by atoms with van der Waals surface area (Å²) in [5, 5.41) is 25.0. The van der Waals surface area contributed by atoms with Gasteiger partial charge in [-0.2, -0.15) is 0 Å². The Kier molecular flexibility index (Phi) is 5.11. The Bertz CT molecular complexity index is 891. The Morgan fingerprint density at radius 1 is 1.46 bits per heavy atom. The van der Waals surface area contributed by atoms with Crippen LogP contribution >= 0.6 is 23.1 Å². The first-order valence-electron chi connectivity index (χ1n) is 9.34. The van der Waals surface area contributed by atoms with Gasteiger partial charge in [0.15, 0.2) is 4.34 Å². The number of fused-ring (bicyclic) bond motifs is 1. The molecule has 1 aromatic heterocycles. The van der Waals surface area contributed by atoms with E-state index in [1.165, 1.54) is 33.6 Å². The molecule has 1 saturated heterocycles. The molecular formula is C19H23N3O4S2. The number of β-lactam (4-membered cyclic amide) rings is 1. The maximum atomic E-state index is 12.4. The third-order valence-electron chi connectivity index (χ3n) is 5.66. The first-order chi connectivity index (χ1) is 13.3. The number of hydrogen-bond acceptors (Lipinski definition) is 7. The second kappa shape index (κ2) is 7.29. The largest absolute Gasteiger partial charge is 0.477 e. The fourth-order valence-corrected chi connectivity index (χ4v) is 6.39. The lowest BCUT2D eigenvalue weighted by Crippen LogP contribution is -2.63. The molecule has 0 bridgehead atoms. The zero-order chi connectivity index (χ0) is 20.2. The average molecular weight is 422 g/mol. The predicted molar refractivity (Wildman–Crippen MR) is 108 cm³/mol. The highest BCUT2D eigenvalue weighted by Crippen LogP contribution is 2.52. The second-order valence-electron chi connectivity index (χ2n) is 7.62. The number of thioether (sulfide) groups is 1. The van der Waals surface area contributed by atoms with Crippen LogP contribution in [0, 0.1) is 11.8 Å². The zero-order valence-corrected chi connectivity index (χ0v) is 17.5. The standard InChI is InChI=1S/C19H23N3O4S2/c1-8-6-11(4-5-20-8)12-7-27-19(21-12)28-16-9(2)14-13(10(3)23)17(24)22(14)15(16)18(25)26/h4,7-10,13-14,20,23H,5-6H2,1-3H3,(H,25,26)/t8-,9-,10-,13-,14-/m1/s1. The number of rotatable bonds is 5. The van der Waals surface area contributed by atoms with Gasteiger partial charge >= 0.3 is 5.97 Å². The van der Waals surface area contributed by atoms with Gasteiger partial charge in [-0.15, -0.1) is 11.3 Å². The molecule has 3 aliphatic rings. The Morgan fingerprint density at radius 3 is 2.86 bits per heavy atom. The number of nitrogens with zero attached hydrogens (tertiary/aromatic N) is 2. The Labute approximate surface area is 171 Å². The van der Waals surface area contributed by atoms with Crippen LogP contribution in [0.4, 0.5) is 0 Å². The summed E-state index contributed by atoms with van der Waals surface area (Å²) < 4.78 is 0.770. The average Bonchev–Trinajstić information content (AvgIpc) is 3.18. The lowest BCUT2D eigenvalue weighted by atomic mass is 9.79. The topological polar surface area (TPSA) is 103 Å². The van der Waals surface area contributed by atoms with Gasteiger partial charge in [0, 0.05) is 28.8 Å². The van der Waals surface area contributed by atoms with Crippen molar-refractivity contribution in [2.75, 3.05) is 6.54 Å². The van der Waals surface area contributed by atoms with E-state index in [2.05, 4.69) is 18.3 Å². The highest BCUT2D eigenvalue weighted by molar-refractivity contribution is 8.04. The van der Waals surface area contributed by atoms with Crippen molar-refractivity contribution >= 4 is 40.5 Å². The zero-order valence-electron chi connectivity index (χ0n) is 15.9. The van der Waals surface area contributed by atoms with Crippen LogP contribution < -0.4 is 5.32 Å². The van der Waals surface area contributed by atoms with Gasteiger partial charge in [-0.25, -0.2) is 9.78 Å². The number of carboxylic acid groups (broad SMARTS) is 1. The van der Waals surface area contributed by atoms with E-state index in [0.29, 0.717) is 10.9 Å². The lowest BCUT2D eigenvalue weighted by Gasteiger charge is -2.46. The summed E-state index contributed by atoms with van der Waals surface area (Å²) >= 11 is 2.82. The van der Waals surface area contributed by atoms with E-state index in [1.807, 2.05) is 12.3 Å². The van der Waals surface area contributed by atoms with E-state index in [0.717, 1.165) is 23.0 Å². The minimum absolute atomic E-state index is 0.0378. The van der Waals surface area contributed by atoms with Crippen molar-refractivity contribution in [3.05, 3.63) is 27.8 Å². The third-order valence-corrected chi connectivity index (χ3v) is 7.89. The first kappa shape index (κ1) is 19.6. The van der Waals surface area contributed by atoms with Crippen molar-refractivity contribution in [3.8, 4) is 0 Å². The van der Waals surface area contributed by atoms with Crippen molar-refractivity contribution in [2.24, 2.45) is 11.8 Å². The van der Waals surface area contributed by atoms with Gasteiger partial charge in [-0.1, -0.05) is 24.8 Å². The number of amides is 1. The van der Waals surface area contributed by atoms with Gasteiger partial charge in [0.25, 0.3) is 0 Å². The van der Waals surface area contributed by atoms with Crippen molar-refractivity contribution in [1.82, 2.24) is 15.2 Å². The molecule has 150 valence electrons. The normalized spacial score (nSPS) is 30.8. The van der Waals surface area contributed by atoms with Crippen LogP contribution in [0.25, 0.3) is 5.57 Å². The number of aliphatic hydroxyl groups excluding tert-OH is 1. The summed E-state index contributed by atoms with van der Waals surface area (Å²) in [7, 11) is 0. The van der Waals surface area contributed by atoms with E-state index < -0.39 is 18.0 Å². The number of carboxylic acids is 1. The molecule has 3 aliphatic heterocycles. The summed E-state index contributed by atoms with van der Waals surface area (Å²) in [4.78, 5) is 31.0. The Balaban J connectivity index is 1.60. The molecule has 1 aromatic rings. The van der Waals surface area contributed by atoms with Gasteiger partial charge in [0.1, 0.15) is 5.70 Å². The molecule has 28 heavy (non-hydrogen) atoms. The molecule has 5 atom stereocenters. The second-order valence-corrected chi connectivity index (χ2v) is 9.76. The minimum Gasteiger partial charge on any atom is -0.477 e. The van der Waals surface area contributed by atoms with Crippen molar-refractivity contribution in [2.45, 2.75) is 49.7 Å². The van der Waals surface area contributed by atoms with Crippen LogP contribution in [0.2, 0.25) is 0 Å². The van der Waals surface area contributed by atoms with E-state index in [-0.39, 0.29) is 23.6 Å². The van der Waals surface area contributed by atoms with Crippen LogP contribution in [0.1, 0.15) is 32.9 Å². The molecule has 7 nitrogen and oxygen atoms in total. The summed E-state index contributed by atoms with van der Waals surface area (Å²) in [5.41, 5.74) is 2.18. The summed E-state index contributed by atoms with van der Waals surface area (Å²) in [6.07, 6.45) is 2.26. The monoisotopic (exact) mass is 421 g/mol. The third kappa shape index (κ3) is 3.10. The van der Waals surface area contributed by atoms with E-state index in [9.17, 15) is 19.8 Å². The molecular weight excluding hydrogens is 398 g/mol.